The summed E-state index contributed by atoms with van der Waals surface area (Å²) >= 11 is 0. The van der Waals surface area contributed by atoms with E-state index in [2.05, 4.69) is 5.16 Å². The second-order valence-electron chi connectivity index (χ2n) is 3.94. The third-order valence-corrected chi connectivity index (χ3v) is 2.69. The van der Waals surface area contributed by atoms with Crippen LogP contribution in [0.25, 0.3) is 0 Å². The Balaban J connectivity index is 2.15. The molecule has 0 radical (unpaired) electrons. The van der Waals surface area contributed by atoms with Crippen LogP contribution in [0.2, 0.25) is 0 Å². The SMILES string of the molecule is Cc1cc(C(=O)N(C)C(C)c2ccco2)on1. The van der Waals surface area contributed by atoms with Crippen LogP contribution in [-0.2, 0) is 0 Å². The van der Waals surface area contributed by atoms with Gasteiger partial charge in [0.05, 0.1) is 18.0 Å². The first-order valence-corrected chi connectivity index (χ1v) is 5.33. The Morgan fingerprint density at radius 2 is 2.29 bits per heavy atom. The first-order valence-electron chi connectivity index (χ1n) is 5.33. The van der Waals surface area contributed by atoms with Gasteiger partial charge < -0.3 is 13.8 Å². The molecule has 0 bridgehead atoms. The molecule has 5 nitrogen and oxygen atoms in total. The number of furan rings is 1. The molecule has 0 N–H and O–H groups in total. The van der Waals surface area contributed by atoms with Gasteiger partial charge in [0.1, 0.15) is 5.76 Å². The number of hydrogen-bond donors (Lipinski definition) is 0. The Morgan fingerprint density at radius 1 is 1.53 bits per heavy atom. The Labute approximate surface area is 99.0 Å². The van der Waals surface area contributed by atoms with Crippen LogP contribution in [0.15, 0.2) is 33.4 Å². The molecule has 2 rings (SSSR count). The van der Waals surface area contributed by atoms with Gasteiger partial charge in [-0.3, -0.25) is 4.79 Å². The molecule has 0 aromatic carbocycles. The number of aromatic nitrogens is 1. The van der Waals surface area contributed by atoms with Crippen molar-refractivity contribution in [1.29, 1.82) is 0 Å². The molecule has 90 valence electrons. The summed E-state index contributed by atoms with van der Waals surface area (Å²) in [6, 6.07) is 5.10. The Hall–Kier alpha value is -2.04. The minimum Gasteiger partial charge on any atom is -0.467 e. The van der Waals surface area contributed by atoms with Gasteiger partial charge in [-0.1, -0.05) is 5.16 Å². The van der Waals surface area contributed by atoms with Gasteiger partial charge in [0, 0.05) is 13.1 Å². The van der Waals surface area contributed by atoms with Crippen molar-refractivity contribution in [1.82, 2.24) is 10.1 Å². The fourth-order valence-electron chi connectivity index (χ4n) is 1.53. The molecule has 2 heterocycles. The number of carbonyl (C=O) groups excluding carboxylic acids is 1. The Morgan fingerprint density at radius 3 is 2.82 bits per heavy atom. The highest BCUT2D eigenvalue weighted by molar-refractivity contribution is 5.91. The number of rotatable bonds is 3. The molecule has 0 saturated carbocycles. The molecule has 0 aliphatic heterocycles. The largest absolute Gasteiger partial charge is 0.467 e. The molecular weight excluding hydrogens is 220 g/mol. The van der Waals surface area contributed by atoms with Crippen LogP contribution in [0.1, 0.15) is 35.0 Å². The number of amides is 1. The van der Waals surface area contributed by atoms with E-state index in [1.54, 1.807) is 37.3 Å². The normalized spacial score (nSPS) is 12.4. The van der Waals surface area contributed by atoms with Gasteiger partial charge in [-0.05, 0) is 26.0 Å². The Bertz CT molecular complexity index is 502. The van der Waals surface area contributed by atoms with Gasteiger partial charge in [0.25, 0.3) is 5.91 Å². The van der Waals surface area contributed by atoms with E-state index in [-0.39, 0.29) is 17.7 Å². The van der Waals surface area contributed by atoms with Crippen LogP contribution in [0.4, 0.5) is 0 Å². The molecule has 2 aromatic heterocycles. The fourth-order valence-corrected chi connectivity index (χ4v) is 1.53. The van der Waals surface area contributed by atoms with Crippen LogP contribution < -0.4 is 0 Å². The zero-order chi connectivity index (χ0) is 12.4. The lowest BCUT2D eigenvalue weighted by atomic mass is 10.2. The maximum atomic E-state index is 12.0. The summed E-state index contributed by atoms with van der Waals surface area (Å²) in [5.41, 5.74) is 0.687. The highest BCUT2D eigenvalue weighted by atomic mass is 16.5. The summed E-state index contributed by atoms with van der Waals surface area (Å²) in [7, 11) is 1.70. The van der Waals surface area contributed by atoms with Crippen molar-refractivity contribution in [3.8, 4) is 0 Å². The van der Waals surface area contributed by atoms with Gasteiger partial charge in [-0.15, -0.1) is 0 Å². The van der Waals surface area contributed by atoms with Crippen LogP contribution in [-0.4, -0.2) is 23.0 Å². The second-order valence-corrected chi connectivity index (χ2v) is 3.94. The van der Waals surface area contributed by atoms with Gasteiger partial charge in [-0.25, -0.2) is 0 Å². The lowest BCUT2D eigenvalue weighted by Crippen LogP contribution is -2.29. The number of carbonyl (C=O) groups is 1. The van der Waals surface area contributed by atoms with Crippen molar-refractivity contribution in [3.05, 3.63) is 41.7 Å². The third-order valence-electron chi connectivity index (χ3n) is 2.69. The maximum absolute atomic E-state index is 12.0. The van der Waals surface area contributed by atoms with Crippen molar-refractivity contribution in [2.24, 2.45) is 0 Å². The number of nitrogens with zero attached hydrogens (tertiary/aromatic N) is 2. The molecule has 5 heteroatoms. The summed E-state index contributed by atoms with van der Waals surface area (Å²) in [6.45, 7) is 3.66. The smallest absolute Gasteiger partial charge is 0.292 e. The minimum absolute atomic E-state index is 0.150. The summed E-state index contributed by atoms with van der Waals surface area (Å²) in [4.78, 5) is 13.6. The third kappa shape index (κ3) is 2.22. The van der Waals surface area contributed by atoms with Crippen LogP contribution in [0, 0.1) is 6.92 Å². The van der Waals surface area contributed by atoms with Gasteiger partial charge in [0.15, 0.2) is 0 Å². The molecule has 17 heavy (non-hydrogen) atoms. The van der Waals surface area contributed by atoms with E-state index in [1.165, 1.54) is 0 Å². The van der Waals surface area contributed by atoms with Gasteiger partial charge >= 0.3 is 0 Å². The summed E-state index contributed by atoms with van der Waals surface area (Å²) in [5, 5.41) is 3.70. The molecule has 0 spiro atoms. The molecule has 2 aromatic rings. The lowest BCUT2D eigenvalue weighted by Gasteiger charge is -2.21. The summed E-state index contributed by atoms with van der Waals surface area (Å²) < 4.78 is 10.2. The van der Waals surface area contributed by atoms with E-state index in [0.717, 1.165) is 5.76 Å². The van der Waals surface area contributed by atoms with Gasteiger partial charge in [-0.2, -0.15) is 0 Å². The number of aryl methyl sites for hydroxylation is 1. The van der Waals surface area contributed by atoms with E-state index in [4.69, 9.17) is 8.94 Å². The molecule has 0 saturated heterocycles. The monoisotopic (exact) mass is 234 g/mol. The van der Waals surface area contributed by atoms with Crippen LogP contribution >= 0.6 is 0 Å². The standard InChI is InChI=1S/C12H14N2O3/c1-8-7-11(17-13-8)12(15)14(3)9(2)10-5-4-6-16-10/h4-7,9H,1-3H3. The zero-order valence-corrected chi connectivity index (χ0v) is 10.0. The molecule has 0 aliphatic rings. The molecule has 0 fully saturated rings. The average Bonchev–Trinajstić information content (AvgIpc) is 2.96. The van der Waals surface area contributed by atoms with Crippen LogP contribution in [0.3, 0.4) is 0 Å². The highest BCUT2D eigenvalue weighted by Gasteiger charge is 2.23. The van der Waals surface area contributed by atoms with E-state index in [9.17, 15) is 4.79 Å². The molecule has 0 aliphatic carbocycles. The lowest BCUT2D eigenvalue weighted by molar-refractivity contribution is 0.0684. The van der Waals surface area contributed by atoms with E-state index in [0.29, 0.717) is 5.69 Å². The first kappa shape index (κ1) is 11.4. The molecule has 1 amide bonds. The van der Waals surface area contributed by atoms with Crippen LogP contribution in [0.5, 0.6) is 0 Å². The van der Waals surface area contributed by atoms with Gasteiger partial charge in [0.2, 0.25) is 5.76 Å². The highest BCUT2D eigenvalue weighted by Crippen LogP contribution is 2.21. The van der Waals surface area contributed by atoms with E-state index in [1.807, 2.05) is 13.0 Å². The van der Waals surface area contributed by atoms with Crippen molar-refractivity contribution in [3.63, 3.8) is 0 Å². The minimum atomic E-state index is -0.213. The summed E-state index contributed by atoms with van der Waals surface area (Å²) in [5.74, 6) is 0.759. The predicted octanol–water partition coefficient (Wildman–Crippen LogP) is 2.41. The maximum Gasteiger partial charge on any atom is 0.292 e. The average molecular weight is 234 g/mol. The zero-order valence-electron chi connectivity index (χ0n) is 10.0. The molecular formula is C12H14N2O3. The Kier molecular flexibility index (Phi) is 2.99. The fraction of sp³-hybridized carbons (Fsp3) is 0.333. The van der Waals surface area contributed by atoms with Crippen molar-refractivity contribution in [2.45, 2.75) is 19.9 Å². The van der Waals surface area contributed by atoms with Crippen molar-refractivity contribution >= 4 is 5.91 Å². The quantitative estimate of drug-likeness (QED) is 0.818. The summed E-state index contributed by atoms with van der Waals surface area (Å²) in [6.07, 6.45) is 1.59. The molecule has 1 atom stereocenters. The number of hydrogen-bond acceptors (Lipinski definition) is 4. The topological polar surface area (TPSA) is 59.5 Å². The van der Waals surface area contributed by atoms with E-state index < -0.39 is 0 Å². The van der Waals surface area contributed by atoms with Crippen molar-refractivity contribution < 1.29 is 13.7 Å². The predicted molar refractivity (Wildman–Crippen MR) is 60.5 cm³/mol. The van der Waals surface area contributed by atoms with Crippen molar-refractivity contribution in [2.75, 3.05) is 7.05 Å². The van der Waals surface area contributed by atoms with E-state index >= 15 is 0 Å². The molecule has 1 unspecified atom stereocenters. The second kappa shape index (κ2) is 4.45. The first-order chi connectivity index (χ1) is 8.09.